The topological polar surface area (TPSA) is 48.2 Å². The Morgan fingerprint density at radius 3 is 2.24 bits per heavy atom. The summed E-state index contributed by atoms with van der Waals surface area (Å²) in [4.78, 5) is 4.37. The van der Waals surface area contributed by atoms with Crippen molar-refractivity contribution in [2.45, 2.75) is 12.8 Å². The molecule has 1 N–H and O–H groups in total. The normalized spacial score (nSPS) is 11.0. The summed E-state index contributed by atoms with van der Waals surface area (Å²) in [6.07, 6.45) is 5.82. The van der Waals surface area contributed by atoms with Crippen LogP contribution in [0, 0.1) is 11.5 Å². The molecule has 106 valence electrons. The Bertz CT molecular complexity index is 627. The summed E-state index contributed by atoms with van der Waals surface area (Å²) in [6, 6.07) is 18.6. The van der Waals surface area contributed by atoms with E-state index in [1.165, 1.54) is 22.9 Å². The number of nitriles is 1. The molecule has 0 bridgehead atoms. The molecule has 2 aromatic rings. The second-order valence-corrected chi connectivity index (χ2v) is 5.30. The number of aliphatic imine (C=N–C) groups is 1. The van der Waals surface area contributed by atoms with E-state index in [1.807, 2.05) is 30.6 Å². The first-order valence-electron chi connectivity index (χ1n) is 6.72. The minimum Gasteiger partial charge on any atom is -0.271 e. The van der Waals surface area contributed by atoms with Crippen molar-refractivity contribution in [3.63, 3.8) is 0 Å². The van der Waals surface area contributed by atoms with Gasteiger partial charge in [0.1, 0.15) is 0 Å². The summed E-state index contributed by atoms with van der Waals surface area (Å²) >= 11 is 1.42. The largest absolute Gasteiger partial charge is 0.271 e. The van der Waals surface area contributed by atoms with Crippen LogP contribution < -0.4 is 5.32 Å². The molecular weight excluding hydrogens is 278 g/mol. The molecule has 0 aromatic heterocycles. The minimum atomic E-state index is 0.606. The van der Waals surface area contributed by atoms with E-state index in [0.29, 0.717) is 5.17 Å². The van der Waals surface area contributed by atoms with Gasteiger partial charge in [0.15, 0.2) is 11.4 Å². The maximum Gasteiger partial charge on any atom is 0.183 e. The molecule has 0 saturated heterocycles. The Morgan fingerprint density at radius 2 is 1.67 bits per heavy atom. The summed E-state index contributed by atoms with van der Waals surface area (Å²) in [6.45, 7) is 0. The van der Waals surface area contributed by atoms with Gasteiger partial charge in [-0.15, -0.1) is 0 Å². The van der Waals surface area contributed by atoms with E-state index < -0.39 is 0 Å². The smallest absolute Gasteiger partial charge is 0.183 e. The standard InChI is InChI=1S/C17H17N3S/c1-21-17(19-13-18)20-16-11-9-15(10-12-16)8-7-14-5-3-2-4-6-14/h2-6,9-12H,7-8H2,1H3,(H,19,20). The zero-order valence-corrected chi connectivity index (χ0v) is 12.7. The van der Waals surface area contributed by atoms with Crippen LogP contribution >= 0.6 is 11.8 Å². The van der Waals surface area contributed by atoms with Crippen molar-refractivity contribution in [1.82, 2.24) is 5.32 Å². The van der Waals surface area contributed by atoms with Crippen molar-refractivity contribution in [2.75, 3.05) is 6.26 Å². The molecule has 0 spiro atoms. The summed E-state index contributed by atoms with van der Waals surface area (Å²) in [7, 11) is 0. The van der Waals surface area contributed by atoms with Crippen LogP contribution in [0.3, 0.4) is 0 Å². The van der Waals surface area contributed by atoms with Crippen molar-refractivity contribution in [2.24, 2.45) is 4.99 Å². The van der Waals surface area contributed by atoms with Crippen LogP contribution in [-0.2, 0) is 12.8 Å². The molecule has 0 aliphatic heterocycles. The van der Waals surface area contributed by atoms with Gasteiger partial charge < -0.3 is 0 Å². The first-order chi connectivity index (χ1) is 10.3. The molecule has 0 radical (unpaired) electrons. The lowest BCUT2D eigenvalue weighted by Crippen LogP contribution is -2.12. The summed E-state index contributed by atoms with van der Waals surface area (Å²) in [5.74, 6) is 0. The van der Waals surface area contributed by atoms with E-state index >= 15 is 0 Å². The SMILES string of the molecule is CSC(=Nc1ccc(CCc2ccccc2)cc1)NC#N. The predicted molar refractivity (Wildman–Crippen MR) is 89.7 cm³/mol. The van der Waals surface area contributed by atoms with Crippen LogP contribution in [0.15, 0.2) is 59.6 Å². The number of aryl methyl sites for hydroxylation is 2. The molecule has 0 fully saturated rings. The monoisotopic (exact) mass is 295 g/mol. The highest BCUT2D eigenvalue weighted by Crippen LogP contribution is 2.16. The number of amidine groups is 1. The van der Waals surface area contributed by atoms with E-state index in [0.717, 1.165) is 18.5 Å². The van der Waals surface area contributed by atoms with Gasteiger partial charge in [-0.2, -0.15) is 5.26 Å². The Morgan fingerprint density at radius 1 is 1.05 bits per heavy atom. The summed E-state index contributed by atoms with van der Waals surface area (Å²) in [5, 5.41) is 11.8. The first-order valence-corrected chi connectivity index (χ1v) is 7.95. The molecule has 0 aliphatic rings. The van der Waals surface area contributed by atoms with Gasteiger partial charge >= 0.3 is 0 Å². The summed E-state index contributed by atoms with van der Waals surface area (Å²) < 4.78 is 0. The fraction of sp³-hybridized carbons (Fsp3) is 0.176. The van der Waals surface area contributed by atoms with E-state index in [1.54, 1.807) is 0 Å². The van der Waals surface area contributed by atoms with E-state index in [4.69, 9.17) is 5.26 Å². The molecule has 0 atom stereocenters. The van der Waals surface area contributed by atoms with Crippen LogP contribution in [0.1, 0.15) is 11.1 Å². The number of hydrogen-bond acceptors (Lipinski definition) is 3. The van der Waals surface area contributed by atoms with Gasteiger partial charge in [-0.1, -0.05) is 54.2 Å². The van der Waals surface area contributed by atoms with Crippen LogP contribution in [0.4, 0.5) is 5.69 Å². The average molecular weight is 295 g/mol. The second kappa shape index (κ2) is 8.13. The van der Waals surface area contributed by atoms with Crippen LogP contribution in [0.25, 0.3) is 0 Å². The second-order valence-electron chi connectivity index (χ2n) is 4.51. The molecule has 0 amide bonds. The number of benzene rings is 2. The molecule has 2 rings (SSSR count). The Hall–Kier alpha value is -2.25. The minimum absolute atomic E-state index is 0.606. The average Bonchev–Trinajstić information content (AvgIpc) is 2.54. The maximum atomic E-state index is 8.61. The molecule has 4 heteroatoms. The number of rotatable bonds is 4. The number of nitrogens with zero attached hydrogens (tertiary/aromatic N) is 2. The molecular formula is C17H17N3S. The highest BCUT2D eigenvalue weighted by molar-refractivity contribution is 8.13. The lowest BCUT2D eigenvalue weighted by Gasteiger charge is -2.03. The Labute approximate surface area is 129 Å². The van der Waals surface area contributed by atoms with Crippen molar-refractivity contribution in [1.29, 1.82) is 5.26 Å². The highest BCUT2D eigenvalue weighted by atomic mass is 32.2. The highest BCUT2D eigenvalue weighted by Gasteiger charge is 1.98. The number of nitrogens with one attached hydrogen (secondary N) is 1. The van der Waals surface area contributed by atoms with Crippen molar-refractivity contribution in [3.05, 3.63) is 65.7 Å². The number of thioether (sulfide) groups is 1. The van der Waals surface area contributed by atoms with Crippen molar-refractivity contribution in [3.8, 4) is 6.19 Å². The molecule has 0 unspecified atom stereocenters. The van der Waals surface area contributed by atoms with Gasteiger partial charge in [0.2, 0.25) is 0 Å². The fourth-order valence-electron chi connectivity index (χ4n) is 1.96. The third kappa shape index (κ3) is 4.97. The quantitative estimate of drug-likeness (QED) is 0.403. The number of hydrogen-bond donors (Lipinski definition) is 1. The molecule has 2 aromatic carbocycles. The van der Waals surface area contributed by atoms with E-state index in [9.17, 15) is 0 Å². The zero-order valence-electron chi connectivity index (χ0n) is 11.9. The third-order valence-corrected chi connectivity index (χ3v) is 3.65. The van der Waals surface area contributed by atoms with Gasteiger partial charge in [-0.25, -0.2) is 4.99 Å². The lowest BCUT2D eigenvalue weighted by atomic mass is 10.0. The van der Waals surface area contributed by atoms with Gasteiger partial charge in [0, 0.05) is 0 Å². The molecule has 0 aliphatic carbocycles. The van der Waals surface area contributed by atoms with Crippen LogP contribution in [-0.4, -0.2) is 11.4 Å². The third-order valence-electron chi connectivity index (χ3n) is 3.07. The van der Waals surface area contributed by atoms with E-state index in [2.05, 4.69) is 46.7 Å². The Balaban J connectivity index is 1.97. The van der Waals surface area contributed by atoms with Crippen molar-refractivity contribution < 1.29 is 0 Å². The van der Waals surface area contributed by atoms with Crippen molar-refractivity contribution >= 4 is 22.6 Å². The first kappa shape index (κ1) is 15.1. The fourth-order valence-corrected chi connectivity index (χ4v) is 2.30. The maximum absolute atomic E-state index is 8.61. The van der Waals surface area contributed by atoms with Gasteiger partial charge in [-0.3, -0.25) is 5.32 Å². The predicted octanol–water partition coefficient (Wildman–Crippen LogP) is 3.89. The summed E-state index contributed by atoms with van der Waals surface area (Å²) in [5.41, 5.74) is 3.49. The molecule has 0 saturated carbocycles. The van der Waals surface area contributed by atoms with Gasteiger partial charge in [-0.05, 0) is 42.4 Å². The van der Waals surface area contributed by atoms with Crippen LogP contribution in [0.5, 0.6) is 0 Å². The van der Waals surface area contributed by atoms with E-state index in [-0.39, 0.29) is 0 Å². The molecule has 3 nitrogen and oxygen atoms in total. The molecule has 21 heavy (non-hydrogen) atoms. The van der Waals surface area contributed by atoms with Crippen LogP contribution in [0.2, 0.25) is 0 Å². The van der Waals surface area contributed by atoms with Gasteiger partial charge in [0.05, 0.1) is 5.69 Å². The Kier molecular flexibility index (Phi) is 5.86. The molecule has 0 heterocycles. The zero-order chi connectivity index (χ0) is 14.9. The van der Waals surface area contributed by atoms with Gasteiger partial charge in [0.25, 0.3) is 0 Å². The lowest BCUT2D eigenvalue weighted by molar-refractivity contribution is 0.960.